The van der Waals surface area contributed by atoms with Crippen LogP contribution in [-0.4, -0.2) is 23.8 Å². The van der Waals surface area contributed by atoms with Gasteiger partial charge in [0.2, 0.25) is 0 Å². The molecule has 182 valence electrons. The maximum Gasteiger partial charge on any atom is 0.174 e. The van der Waals surface area contributed by atoms with E-state index in [1.54, 1.807) is 26.4 Å². The van der Waals surface area contributed by atoms with Crippen LogP contribution in [0.25, 0.3) is 5.69 Å². The van der Waals surface area contributed by atoms with Crippen molar-refractivity contribution < 1.29 is 22.6 Å². The summed E-state index contributed by atoms with van der Waals surface area (Å²) in [5.74, 6) is 0.380. The Morgan fingerprint density at radius 2 is 1.60 bits per heavy atom. The van der Waals surface area contributed by atoms with Gasteiger partial charge in [0.05, 0.1) is 19.9 Å². The molecule has 0 radical (unpaired) electrons. The molecule has 0 aliphatic heterocycles. The average Bonchev–Trinajstić information content (AvgIpc) is 3.17. The minimum atomic E-state index is -0.610. The van der Waals surface area contributed by atoms with E-state index in [1.807, 2.05) is 29.7 Å². The van der Waals surface area contributed by atoms with Crippen molar-refractivity contribution in [1.82, 2.24) is 9.55 Å². The van der Waals surface area contributed by atoms with E-state index in [4.69, 9.17) is 9.47 Å². The molecule has 0 fully saturated rings. The second-order valence-corrected chi connectivity index (χ2v) is 8.61. The van der Waals surface area contributed by atoms with Gasteiger partial charge in [-0.3, -0.25) is 4.57 Å². The van der Waals surface area contributed by atoms with Gasteiger partial charge in [0, 0.05) is 23.5 Å². The topological polar surface area (TPSA) is 48.3 Å². The number of hydrogen-bond donors (Lipinski definition) is 1. The smallest absolute Gasteiger partial charge is 0.174 e. The average molecular weight is 500 g/mol. The van der Waals surface area contributed by atoms with Crippen LogP contribution in [0.2, 0.25) is 0 Å². The van der Waals surface area contributed by atoms with Crippen LogP contribution in [0.4, 0.5) is 19.0 Å². The summed E-state index contributed by atoms with van der Waals surface area (Å²) in [5.41, 5.74) is 2.27. The van der Waals surface area contributed by atoms with Crippen LogP contribution in [0.3, 0.4) is 0 Å². The lowest BCUT2D eigenvalue weighted by atomic mass is 10.2. The Kier molecular flexibility index (Phi) is 7.55. The molecule has 0 amide bonds. The third-order valence-electron chi connectivity index (χ3n) is 5.42. The summed E-state index contributed by atoms with van der Waals surface area (Å²) in [6, 6.07) is 15.4. The third-order valence-corrected chi connectivity index (χ3v) is 6.39. The van der Waals surface area contributed by atoms with Crippen LogP contribution in [0.1, 0.15) is 16.8 Å². The van der Waals surface area contributed by atoms with E-state index in [1.165, 1.54) is 42.1 Å². The van der Waals surface area contributed by atoms with E-state index >= 15 is 0 Å². The van der Waals surface area contributed by atoms with Crippen molar-refractivity contribution in [2.24, 2.45) is 0 Å². The Labute approximate surface area is 205 Å². The van der Waals surface area contributed by atoms with Crippen LogP contribution in [-0.2, 0) is 12.3 Å². The number of anilines is 1. The van der Waals surface area contributed by atoms with E-state index < -0.39 is 11.6 Å². The number of halogens is 3. The maximum atomic E-state index is 14.2. The predicted octanol–water partition coefficient (Wildman–Crippen LogP) is 6.52. The second kappa shape index (κ2) is 10.8. The number of rotatable bonds is 9. The number of hydrogen-bond acceptors (Lipinski definition) is 5. The van der Waals surface area contributed by atoms with Gasteiger partial charge in [-0.05, 0) is 61.0 Å². The highest BCUT2D eigenvalue weighted by Crippen LogP contribution is 2.33. The van der Waals surface area contributed by atoms with Crippen molar-refractivity contribution in [3.8, 4) is 17.2 Å². The van der Waals surface area contributed by atoms with E-state index in [9.17, 15) is 13.2 Å². The molecule has 1 N–H and O–H groups in total. The Morgan fingerprint density at radius 3 is 2.26 bits per heavy atom. The van der Waals surface area contributed by atoms with Crippen molar-refractivity contribution in [3.05, 3.63) is 94.9 Å². The Morgan fingerprint density at radius 1 is 0.914 bits per heavy atom. The molecular formula is C26H24F3N3O2S. The van der Waals surface area contributed by atoms with E-state index in [2.05, 4.69) is 10.3 Å². The lowest BCUT2D eigenvalue weighted by molar-refractivity contribution is 0.354. The number of imidazole rings is 1. The van der Waals surface area contributed by atoms with Crippen LogP contribution >= 0.6 is 11.8 Å². The van der Waals surface area contributed by atoms with Crippen molar-refractivity contribution in [3.63, 3.8) is 0 Å². The van der Waals surface area contributed by atoms with Gasteiger partial charge in [0.25, 0.3) is 0 Å². The van der Waals surface area contributed by atoms with Crippen molar-refractivity contribution in [2.75, 3.05) is 19.5 Å². The fourth-order valence-corrected chi connectivity index (χ4v) is 4.70. The van der Waals surface area contributed by atoms with Crippen molar-refractivity contribution >= 4 is 17.6 Å². The number of benzene rings is 3. The monoisotopic (exact) mass is 499 g/mol. The Bertz CT molecular complexity index is 1310. The molecule has 3 aromatic carbocycles. The zero-order valence-electron chi connectivity index (χ0n) is 19.4. The first kappa shape index (κ1) is 24.5. The van der Waals surface area contributed by atoms with Crippen LogP contribution in [0.5, 0.6) is 11.5 Å². The standard InChI is InChI=1S/C26H24F3N3O2S/c1-16-25(30-14-17-7-12-23(33-2)24(13-17)34-3)32(19-10-8-18(27)9-11-19)26(31-16)35-15-20-21(28)5-4-6-22(20)29/h4-13,30H,14-15H2,1-3H3. The molecule has 0 bridgehead atoms. The molecule has 4 rings (SSSR count). The summed E-state index contributed by atoms with van der Waals surface area (Å²) in [5, 5.41) is 3.91. The fourth-order valence-electron chi connectivity index (χ4n) is 3.62. The van der Waals surface area contributed by atoms with Crippen LogP contribution in [0.15, 0.2) is 65.8 Å². The molecule has 0 unspecified atom stereocenters. The largest absolute Gasteiger partial charge is 0.493 e. The van der Waals surface area contributed by atoms with Gasteiger partial charge in [-0.1, -0.05) is 23.9 Å². The Hall–Kier alpha value is -3.59. The van der Waals surface area contributed by atoms with Gasteiger partial charge in [-0.25, -0.2) is 18.2 Å². The molecule has 0 aliphatic rings. The molecule has 4 aromatic rings. The number of aryl methyl sites for hydroxylation is 1. The zero-order chi connectivity index (χ0) is 24.9. The van der Waals surface area contributed by atoms with Crippen LogP contribution < -0.4 is 14.8 Å². The highest BCUT2D eigenvalue weighted by molar-refractivity contribution is 7.98. The molecule has 1 heterocycles. The summed E-state index contributed by atoms with van der Waals surface area (Å²) < 4.78 is 54.5. The molecule has 0 saturated carbocycles. The first-order valence-electron chi connectivity index (χ1n) is 10.8. The Balaban J connectivity index is 1.66. The van der Waals surface area contributed by atoms with Gasteiger partial charge in [0.1, 0.15) is 23.3 Å². The van der Waals surface area contributed by atoms with E-state index in [-0.39, 0.29) is 17.1 Å². The lowest BCUT2D eigenvalue weighted by Crippen LogP contribution is -2.08. The number of thioether (sulfide) groups is 1. The summed E-state index contributed by atoms with van der Waals surface area (Å²) >= 11 is 1.20. The van der Waals surface area contributed by atoms with Gasteiger partial charge in [-0.15, -0.1) is 0 Å². The molecule has 1 aromatic heterocycles. The van der Waals surface area contributed by atoms with Gasteiger partial charge in [-0.2, -0.15) is 0 Å². The molecule has 0 atom stereocenters. The summed E-state index contributed by atoms with van der Waals surface area (Å²) in [7, 11) is 3.15. The number of aromatic nitrogens is 2. The molecule has 9 heteroatoms. The van der Waals surface area contributed by atoms with Crippen molar-refractivity contribution in [2.45, 2.75) is 24.4 Å². The number of methoxy groups -OCH3 is 2. The summed E-state index contributed by atoms with van der Waals surface area (Å²) in [6.45, 7) is 2.28. The fraction of sp³-hybridized carbons (Fsp3) is 0.192. The highest BCUT2D eigenvalue weighted by Gasteiger charge is 2.19. The van der Waals surface area contributed by atoms with Crippen molar-refractivity contribution in [1.29, 1.82) is 0 Å². The number of nitrogens with one attached hydrogen (secondary N) is 1. The molecular weight excluding hydrogens is 475 g/mol. The molecule has 0 saturated heterocycles. The van der Waals surface area contributed by atoms with E-state index in [0.717, 1.165) is 5.56 Å². The SMILES string of the molecule is COc1ccc(CNc2c(C)nc(SCc3c(F)cccc3F)n2-c2ccc(F)cc2)cc1OC. The maximum absolute atomic E-state index is 14.2. The van der Waals surface area contributed by atoms with E-state index in [0.29, 0.717) is 40.4 Å². The molecule has 0 aliphatic carbocycles. The van der Waals surface area contributed by atoms with Crippen LogP contribution in [0, 0.1) is 24.4 Å². The summed E-state index contributed by atoms with van der Waals surface area (Å²) in [4.78, 5) is 4.64. The normalized spacial score (nSPS) is 10.9. The highest BCUT2D eigenvalue weighted by atomic mass is 32.2. The first-order valence-corrected chi connectivity index (χ1v) is 11.8. The molecule has 0 spiro atoms. The minimum absolute atomic E-state index is 0.0244. The lowest BCUT2D eigenvalue weighted by Gasteiger charge is -2.15. The van der Waals surface area contributed by atoms with Gasteiger partial charge >= 0.3 is 0 Å². The zero-order valence-corrected chi connectivity index (χ0v) is 20.3. The quantitative estimate of drug-likeness (QED) is 0.266. The first-order chi connectivity index (χ1) is 16.9. The number of ether oxygens (including phenoxy) is 2. The predicted molar refractivity (Wildman–Crippen MR) is 131 cm³/mol. The minimum Gasteiger partial charge on any atom is -0.493 e. The summed E-state index contributed by atoms with van der Waals surface area (Å²) in [6.07, 6.45) is 0. The second-order valence-electron chi connectivity index (χ2n) is 7.67. The third kappa shape index (κ3) is 5.40. The molecule has 5 nitrogen and oxygen atoms in total. The molecule has 35 heavy (non-hydrogen) atoms. The van der Waals surface area contributed by atoms with Gasteiger partial charge in [0.15, 0.2) is 16.7 Å². The van der Waals surface area contributed by atoms with Gasteiger partial charge < -0.3 is 14.8 Å². The number of nitrogens with zero attached hydrogens (tertiary/aromatic N) is 2.